The van der Waals surface area contributed by atoms with Gasteiger partial charge in [0.25, 0.3) is 0 Å². The summed E-state index contributed by atoms with van der Waals surface area (Å²) in [5, 5.41) is 1.17. The predicted molar refractivity (Wildman–Crippen MR) is 117 cm³/mol. The van der Waals surface area contributed by atoms with Gasteiger partial charge in [-0.1, -0.05) is 78.9 Å². The van der Waals surface area contributed by atoms with Gasteiger partial charge >= 0.3 is 19.5 Å². The number of para-hydroxylation sites is 4. The van der Waals surface area contributed by atoms with Crippen LogP contribution >= 0.6 is 0 Å². The summed E-state index contributed by atoms with van der Waals surface area (Å²) in [6.07, 6.45) is 1.88. The van der Waals surface area contributed by atoms with Crippen LogP contribution in [0.4, 0.5) is 17.1 Å². The van der Waals surface area contributed by atoms with Crippen molar-refractivity contribution >= 4 is 28.0 Å². The van der Waals surface area contributed by atoms with E-state index in [0.717, 1.165) is 28.1 Å². The topological polar surface area (TPSA) is 17.3 Å². The molecule has 1 aromatic heterocycles. The maximum Gasteiger partial charge on any atom is 2.00 e. The number of rotatable bonds is 4. The quantitative estimate of drug-likeness (QED) is 0.291. The minimum Gasteiger partial charge on any atom is -0.663 e. The van der Waals surface area contributed by atoms with Gasteiger partial charge < -0.3 is 9.88 Å². The second kappa shape index (κ2) is 8.47. The predicted octanol–water partition coefficient (Wildman–Crippen LogP) is 6.93. The summed E-state index contributed by atoms with van der Waals surface area (Å²) in [6, 6.07) is 38.0. The Morgan fingerprint density at radius 3 is 1.79 bits per heavy atom. The molecule has 5 rings (SSSR count). The molecule has 0 amide bonds. The molecule has 0 aliphatic carbocycles. The van der Waals surface area contributed by atoms with E-state index in [2.05, 4.69) is 107 Å². The number of fused-ring (bicyclic) bond motifs is 1. The SMILES string of the molecule is [Zn+2].c1ccc(N(c2ccccc2)c2ccccc2-c2cccc3cc[n-]c23)cc1. The molecule has 0 aliphatic rings. The normalized spacial score (nSPS) is 10.5. The van der Waals surface area contributed by atoms with Gasteiger partial charge in [-0.15, -0.1) is 5.52 Å². The summed E-state index contributed by atoms with van der Waals surface area (Å²) in [5.74, 6) is 0. The molecule has 0 spiro atoms. The van der Waals surface area contributed by atoms with E-state index in [0.29, 0.717) is 0 Å². The Balaban J connectivity index is 0.00000205. The van der Waals surface area contributed by atoms with Gasteiger partial charge in [-0.2, -0.15) is 6.20 Å². The molecule has 5 aromatic rings. The Hall–Kier alpha value is -3.16. The minimum atomic E-state index is 0. The van der Waals surface area contributed by atoms with Crippen molar-refractivity contribution in [2.24, 2.45) is 0 Å². The second-order valence-electron chi connectivity index (χ2n) is 6.71. The first kappa shape index (κ1) is 19.2. The van der Waals surface area contributed by atoms with Crippen LogP contribution < -0.4 is 9.88 Å². The van der Waals surface area contributed by atoms with Crippen molar-refractivity contribution < 1.29 is 19.5 Å². The first-order valence-corrected chi connectivity index (χ1v) is 9.42. The van der Waals surface area contributed by atoms with Crippen LogP contribution in [0.3, 0.4) is 0 Å². The summed E-state index contributed by atoms with van der Waals surface area (Å²) in [7, 11) is 0. The molecule has 29 heavy (non-hydrogen) atoms. The first-order valence-electron chi connectivity index (χ1n) is 9.42. The molecule has 0 radical (unpaired) electrons. The van der Waals surface area contributed by atoms with E-state index in [1.54, 1.807) is 0 Å². The van der Waals surface area contributed by atoms with Crippen LogP contribution in [0.5, 0.6) is 0 Å². The fourth-order valence-electron chi connectivity index (χ4n) is 3.73. The van der Waals surface area contributed by atoms with Crippen LogP contribution in [0.2, 0.25) is 0 Å². The Morgan fingerprint density at radius 1 is 0.517 bits per heavy atom. The van der Waals surface area contributed by atoms with Crippen LogP contribution in [-0.2, 0) is 19.5 Å². The van der Waals surface area contributed by atoms with Crippen LogP contribution in [0, 0.1) is 0 Å². The first-order chi connectivity index (χ1) is 13.9. The number of benzene rings is 4. The van der Waals surface area contributed by atoms with Crippen molar-refractivity contribution in [1.29, 1.82) is 0 Å². The van der Waals surface area contributed by atoms with E-state index in [1.807, 2.05) is 18.3 Å². The Morgan fingerprint density at radius 2 is 1.10 bits per heavy atom. The second-order valence-corrected chi connectivity index (χ2v) is 6.71. The minimum absolute atomic E-state index is 0. The molecular weight excluding hydrogens is 406 g/mol. The largest absolute Gasteiger partial charge is 2.00 e. The molecule has 0 atom stereocenters. The number of aromatic nitrogens is 1. The van der Waals surface area contributed by atoms with Crippen molar-refractivity contribution in [3.63, 3.8) is 0 Å². The average Bonchev–Trinajstić information content (AvgIpc) is 3.25. The van der Waals surface area contributed by atoms with Gasteiger partial charge in [0.1, 0.15) is 0 Å². The number of hydrogen-bond acceptors (Lipinski definition) is 1. The van der Waals surface area contributed by atoms with Gasteiger partial charge in [-0.3, -0.25) is 0 Å². The molecule has 4 aromatic carbocycles. The monoisotopic (exact) mass is 423 g/mol. The van der Waals surface area contributed by atoms with Crippen LogP contribution in [0.15, 0.2) is 115 Å². The van der Waals surface area contributed by atoms with E-state index in [-0.39, 0.29) is 19.5 Å². The Labute approximate surface area is 183 Å². The number of anilines is 3. The van der Waals surface area contributed by atoms with Crippen LogP contribution in [-0.4, -0.2) is 0 Å². The van der Waals surface area contributed by atoms with Gasteiger partial charge in [0.2, 0.25) is 0 Å². The maximum atomic E-state index is 4.62. The summed E-state index contributed by atoms with van der Waals surface area (Å²) >= 11 is 0. The van der Waals surface area contributed by atoms with Gasteiger partial charge in [-0.25, -0.2) is 0 Å². The average molecular weight is 425 g/mol. The van der Waals surface area contributed by atoms with E-state index >= 15 is 0 Å². The van der Waals surface area contributed by atoms with E-state index in [4.69, 9.17) is 0 Å². The zero-order valence-corrected chi connectivity index (χ0v) is 19.0. The van der Waals surface area contributed by atoms with Crippen LogP contribution in [0.25, 0.3) is 22.0 Å². The van der Waals surface area contributed by atoms with Crippen molar-refractivity contribution in [3.8, 4) is 11.1 Å². The maximum absolute atomic E-state index is 4.62. The summed E-state index contributed by atoms with van der Waals surface area (Å²) in [6.45, 7) is 0. The molecule has 0 fully saturated rings. The van der Waals surface area contributed by atoms with Gasteiger partial charge in [0, 0.05) is 16.9 Å². The zero-order valence-electron chi connectivity index (χ0n) is 16.1. The molecule has 3 heteroatoms. The Kier molecular flexibility index (Phi) is 5.60. The van der Waals surface area contributed by atoms with Crippen molar-refractivity contribution in [2.75, 3.05) is 4.90 Å². The summed E-state index contributed by atoms with van der Waals surface area (Å²) < 4.78 is 0. The molecule has 0 N–H and O–H groups in total. The molecule has 0 saturated carbocycles. The van der Waals surface area contributed by atoms with Crippen molar-refractivity contribution in [2.45, 2.75) is 0 Å². The fourth-order valence-corrected chi connectivity index (χ4v) is 3.73. The van der Waals surface area contributed by atoms with Gasteiger partial charge in [-0.05, 0) is 41.3 Å². The third kappa shape index (κ3) is 3.62. The van der Waals surface area contributed by atoms with E-state index < -0.39 is 0 Å². The molecular formula is C26H19N2Zn+. The smallest absolute Gasteiger partial charge is 0.663 e. The van der Waals surface area contributed by atoms with Crippen molar-refractivity contribution in [3.05, 3.63) is 115 Å². The molecule has 0 unspecified atom stereocenters. The summed E-state index contributed by atoms with van der Waals surface area (Å²) in [4.78, 5) is 6.93. The van der Waals surface area contributed by atoms with E-state index in [1.165, 1.54) is 10.9 Å². The molecule has 0 saturated heterocycles. The number of nitrogens with zero attached hydrogens (tertiary/aromatic N) is 2. The third-order valence-corrected chi connectivity index (χ3v) is 4.99. The van der Waals surface area contributed by atoms with Gasteiger partial charge in [0.15, 0.2) is 0 Å². The molecule has 0 aliphatic heterocycles. The molecule has 0 bridgehead atoms. The fraction of sp³-hybridized carbons (Fsp3) is 0. The third-order valence-electron chi connectivity index (χ3n) is 4.99. The zero-order chi connectivity index (χ0) is 18.8. The van der Waals surface area contributed by atoms with Gasteiger partial charge in [0.05, 0.1) is 5.69 Å². The van der Waals surface area contributed by atoms with Crippen molar-refractivity contribution in [1.82, 2.24) is 4.98 Å². The molecule has 134 valence electrons. The van der Waals surface area contributed by atoms with Crippen LogP contribution in [0.1, 0.15) is 0 Å². The summed E-state index contributed by atoms with van der Waals surface area (Å²) in [5.41, 5.74) is 6.74. The molecule has 1 heterocycles. The Bertz CT molecular complexity index is 1170. The standard InChI is InChI=1S/C26H19N2.Zn/c1-3-11-21(12-4-1)28(22-13-5-2-6-14-22)25-17-8-7-15-23(25)24-16-9-10-20-18-19-27-26(20)24;/h1-19H;/q-1;+2. The number of hydrogen-bond donors (Lipinski definition) is 0. The van der Waals surface area contributed by atoms with E-state index in [9.17, 15) is 0 Å². The molecule has 2 nitrogen and oxygen atoms in total.